The van der Waals surface area contributed by atoms with Gasteiger partial charge in [0.15, 0.2) is 5.82 Å². The largest absolute Gasteiger partial charge is 0.338 e. The smallest absolute Gasteiger partial charge is 0.256 e. The van der Waals surface area contributed by atoms with Crippen molar-refractivity contribution in [2.75, 3.05) is 26.7 Å². The first-order valence-corrected chi connectivity index (χ1v) is 7.58. The Morgan fingerprint density at radius 1 is 1.43 bits per heavy atom. The van der Waals surface area contributed by atoms with Gasteiger partial charge in [0.1, 0.15) is 11.9 Å². The maximum atomic E-state index is 13.9. The highest BCUT2D eigenvalue weighted by Gasteiger charge is 2.33. The first kappa shape index (κ1) is 15.9. The number of aromatic nitrogens is 2. The minimum Gasteiger partial charge on any atom is -0.338 e. The molecule has 2 heterocycles. The molecular weight excluding hydrogens is 323 g/mol. The molecule has 1 amide bonds. The van der Waals surface area contributed by atoms with Crippen molar-refractivity contribution in [3.63, 3.8) is 0 Å². The van der Waals surface area contributed by atoms with E-state index in [1.165, 1.54) is 18.2 Å². The predicted molar refractivity (Wildman–Crippen MR) is 81.7 cm³/mol. The third-order valence-electron chi connectivity index (χ3n) is 3.92. The first-order valence-electron chi connectivity index (χ1n) is 7.20. The third-order valence-corrected chi connectivity index (χ3v) is 4.16. The summed E-state index contributed by atoms with van der Waals surface area (Å²) in [7, 11) is 1.92. The molecule has 6 nitrogen and oxygen atoms in total. The molecule has 122 valence electrons. The van der Waals surface area contributed by atoms with Gasteiger partial charge in [-0.3, -0.25) is 9.69 Å². The van der Waals surface area contributed by atoms with Crippen LogP contribution in [0.1, 0.15) is 28.1 Å². The van der Waals surface area contributed by atoms with Crippen LogP contribution in [0.5, 0.6) is 0 Å². The van der Waals surface area contributed by atoms with Crippen LogP contribution < -0.4 is 0 Å². The molecule has 1 saturated heterocycles. The maximum Gasteiger partial charge on any atom is 0.256 e. The Balaban J connectivity index is 1.83. The molecule has 1 aliphatic heterocycles. The molecule has 1 aromatic carbocycles. The van der Waals surface area contributed by atoms with Crippen LogP contribution in [0.15, 0.2) is 22.7 Å². The van der Waals surface area contributed by atoms with Crippen LogP contribution in [0.3, 0.4) is 0 Å². The topological polar surface area (TPSA) is 62.5 Å². The number of halogens is 2. The summed E-state index contributed by atoms with van der Waals surface area (Å²) in [6.45, 7) is 3.20. The Labute approximate surface area is 137 Å². The maximum absolute atomic E-state index is 13.9. The van der Waals surface area contributed by atoms with E-state index >= 15 is 0 Å². The van der Waals surface area contributed by atoms with E-state index in [2.05, 4.69) is 10.1 Å². The molecule has 0 radical (unpaired) electrons. The SMILES string of the molecule is Cc1noc([C@H]2CN(C(=O)c3cc(Cl)ccc3F)CCN2C)n1. The summed E-state index contributed by atoms with van der Waals surface area (Å²) in [4.78, 5) is 20.4. The molecule has 0 unspecified atom stereocenters. The van der Waals surface area contributed by atoms with E-state index in [4.69, 9.17) is 16.1 Å². The van der Waals surface area contributed by atoms with E-state index in [1.807, 2.05) is 11.9 Å². The number of carbonyl (C=O) groups is 1. The minimum absolute atomic E-state index is 0.0255. The number of rotatable bonds is 2. The molecule has 0 N–H and O–H groups in total. The number of hydrogen-bond acceptors (Lipinski definition) is 5. The summed E-state index contributed by atoms with van der Waals surface area (Å²) in [5.74, 6) is 0.0228. The highest BCUT2D eigenvalue weighted by Crippen LogP contribution is 2.25. The van der Waals surface area contributed by atoms with Gasteiger partial charge in [0, 0.05) is 24.7 Å². The summed E-state index contributed by atoms with van der Waals surface area (Å²) in [6.07, 6.45) is 0. The highest BCUT2D eigenvalue weighted by molar-refractivity contribution is 6.31. The van der Waals surface area contributed by atoms with E-state index in [9.17, 15) is 9.18 Å². The standard InChI is InChI=1S/C15H16ClFN4O2/c1-9-18-14(23-19-9)13-8-21(6-5-20(13)2)15(22)11-7-10(16)3-4-12(11)17/h3-4,7,13H,5-6,8H2,1-2H3/t13-/m1/s1. The highest BCUT2D eigenvalue weighted by atomic mass is 35.5. The summed E-state index contributed by atoms with van der Waals surface area (Å²) in [5.41, 5.74) is -0.0255. The van der Waals surface area contributed by atoms with Gasteiger partial charge in [-0.2, -0.15) is 4.98 Å². The Kier molecular flexibility index (Phi) is 4.32. The molecule has 0 saturated carbocycles. The number of carbonyl (C=O) groups excluding carboxylic acids is 1. The number of nitrogens with zero attached hydrogens (tertiary/aromatic N) is 4. The number of benzene rings is 1. The molecule has 1 atom stereocenters. The average Bonchev–Trinajstić information content (AvgIpc) is 2.96. The Hall–Kier alpha value is -1.99. The van der Waals surface area contributed by atoms with Gasteiger partial charge < -0.3 is 9.42 Å². The summed E-state index contributed by atoms with van der Waals surface area (Å²) in [5, 5.41) is 4.11. The van der Waals surface area contributed by atoms with Crippen molar-refractivity contribution < 1.29 is 13.7 Å². The molecule has 3 rings (SSSR count). The van der Waals surface area contributed by atoms with E-state index < -0.39 is 5.82 Å². The van der Waals surface area contributed by atoms with Crippen molar-refractivity contribution in [2.24, 2.45) is 0 Å². The van der Waals surface area contributed by atoms with Crippen molar-refractivity contribution in [1.29, 1.82) is 0 Å². The molecule has 0 aliphatic carbocycles. The predicted octanol–water partition coefficient (Wildman–Crippen LogP) is 2.30. The monoisotopic (exact) mass is 338 g/mol. The number of likely N-dealkylation sites (N-methyl/N-ethyl adjacent to an activating group) is 1. The van der Waals surface area contributed by atoms with Crippen molar-refractivity contribution in [1.82, 2.24) is 19.9 Å². The van der Waals surface area contributed by atoms with E-state index in [0.717, 1.165) is 0 Å². The van der Waals surface area contributed by atoms with Gasteiger partial charge in [-0.15, -0.1) is 0 Å². The van der Waals surface area contributed by atoms with Gasteiger partial charge in [-0.1, -0.05) is 16.8 Å². The molecule has 0 spiro atoms. The Bertz CT molecular complexity index is 736. The fourth-order valence-electron chi connectivity index (χ4n) is 2.60. The van der Waals surface area contributed by atoms with Crippen LogP contribution in [0.4, 0.5) is 4.39 Å². The Morgan fingerprint density at radius 2 is 2.22 bits per heavy atom. The second-order valence-corrected chi connectivity index (χ2v) is 5.99. The van der Waals surface area contributed by atoms with Crippen LogP contribution in [-0.2, 0) is 0 Å². The number of piperazine rings is 1. The lowest BCUT2D eigenvalue weighted by Gasteiger charge is -2.37. The normalized spacial score (nSPS) is 19.1. The zero-order valence-electron chi connectivity index (χ0n) is 12.8. The summed E-state index contributed by atoms with van der Waals surface area (Å²) in [6, 6.07) is 3.76. The zero-order valence-corrected chi connectivity index (χ0v) is 13.5. The third kappa shape index (κ3) is 3.20. The lowest BCUT2D eigenvalue weighted by atomic mass is 10.1. The average molecular weight is 339 g/mol. The zero-order chi connectivity index (χ0) is 16.6. The summed E-state index contributed by atoms with van der Waals surface area (Å²) >= 11 is 5.87. The van der Waals surface area contributed by atoms with Crippen LogP contribution in [0.25, 0.3) is 0 Å². The van der Waals surface area contributed by atoms with Crippen LogP contribution in [-0.4, -0.2) is 52.5 Å². The molecule has 1 aromatic heterocycles. The van der Waals surface area contributed by atoms with E-state index in [-0.39, 0.29) is 17.5 Å². The van der Waals surface area contributed by atoms with Gasteiger partial charge in [-0.25, -0.2) is 4.39 Å². The minimum atomic E-state index is -0.580. The van der Waals surface area contributed by atoms with Crippen molar-refractivity contribution in [3.05, 3.63) is 46.3 Å². The van der Waals surface area contributed by atoms with Crippen LogP contribution >= 0.6 is 11.6 Å². The molecular formula is C15H16ClFN4O2. The lowest BCUT2D eigenvalue weighted by molar-refractivity contribution is 0.0485. The molecule has 23 heavy (non-hydrogen) atoms. The lowest BCUT2D eigenvalue weighted by Crippen LogP contribution is -2.49. The Morgan fingerprint density at radius 3 is 2.91 bits per heavy atom. The number of aryl methyl sites for hydroxylation is 1. The van der Waals surface area contributed by atoms with Crippen molar-refractivity contribution in [2.45, 2.75) is 13.0 Å². The van der Waals surface area contributed by atoms with Gasteiger partial charge in [0.05, 0.1) is 5.56 Å². The van der Waals surface area contributed by atoms with E-state index in [0.29, 0.717) is 36.4 Å². The summed E-state index contributed by atoms with van der Waals surface area (Å²) < 4.78 is 19.1. The molecule has 2 aromatic rings. The fraction of sp³-hybridized carbons (Fsp3) is 0.400. The van der Waals surface area contributed by atoms with Gasteiger partial charge in [0.25, 0.3) is 5.91 Å². The molecule has 0 bridgehead atoms. The number of amides is 1. The van der Waals surface area contributed by atoms with E-state index in [1.54, 1.807) is 11.8 Å². The fourth-order valence-corrected chi connectivity index (χ4v) is 2.78. The van der Waals surface area contributed by atoms with Crippen molar-refractivity contribution >= 4 is 17.5 Å². The van der Waals surface area contributed by atoms with Crippen molar-refractivity contribution in [3.8, 4) is 0 Å². The molecule has 8 heteroatoms. The van der Waals surface area contributed by atoms with Gasteiger partial charge >= 0.3 is 0 Å². The van der Waals surface area contributed by atoms with Crippen LogP contribution in [0.2, 0.25) is 5.02 Å². The van der Waals surface area contributed by atoms with Gasteiger partial charge in [0.2, 0.25) is 5.89 Å². The molecule has 1 aliphatic rings. The number of hydrogen-bond donors (Lipinski definition) is 0. The first-order chi connectivity index (χ1) is 11.0. The second-order valence-electron chi connectivity index (χ2n) is 5.55. The van der Waals surface area contributed by atoms with Crippen LogP contribution in [0, 0.1) is 12.7 Å². The molecule has 1 fully saturated rings. The van der Waals surface area contributed by atoms with Gasteiger partial charge in [-0.05, 0) is 32.2 Å². The second kappa shape index (κ2) is 6.25. The quantitative estimate of drug-likeness (QED) is 0.840.